The Morgan fingerprint density at radius 2 is 1.92 bits per heavy atom. The number of esters is 1. The first-order valence-corrected chi connectivity index (χ1v) is 8.19. The summed E-state index contributed by atoms with van der Waals surface area (Å²) in [5, 5.41) is 3.75. The van der Waals surface area contributed by atoms with Crippen molar-refractivity contribution in [2.45, 2.75) is 25.4 Å². The summed E-state index contributed by atoms with van der Waals surface area (Å²) in [6.45, 7) is 3.66. The van der Waals surface area contributed by atoms with E-state index in [1.165, 1.54) is 12.0 Å². The number of nitrogens with zero attached hydrogens (tertiary/aromatic N) is 1. The third kappa shape index (κ3) is 2.24. The maximum absolute atomic E-state index is 12.8. The van der Waals surface area contributed by atoms with Crippen LogP contribution in [-0.4, -0.2) is 41.9 Å². The van der Waals surface area contributed by atoms with Gasteiger partial charge in [0.05, 0.1) is 18.9 Å². The molecule has 2 saturated heterocycles. The summed E-state index contributed by atoms with van der Waals surface area (Å²) in [4.78, 5) is 39.1. The van der Waals surface area contributed by atoms with Crippen molar-refractivity contribution in [3.63, 3.8) is 0 Å². The van der Waals surface area contributed by atoms with E-state index < -0.39 is 29.4 Å². The molecule has 2 amide bonds. The first-order chi connectivity index (χ1) is 11.3. The average Bonchev–Trinajstić information content (AvgIpc) is 3.02. The number of likely N-dealkylation sites (tertiary alicyclic amines) is 1. The van der Waals surface area contributed by atoms with Crippen molar-refractivity contribution in [3.05, 3.63) is 34.9 Å². The van der Waals surface area contributed by atoms with Gasteiger partial charge < -0.3 is 4.74 Å². The van der Waals surface area contributed by atoms with Crippen molar-refractivity contribution in [1.29, 1.82) is 0 Å². The lowest BCUT2D eigenvalue weighted by Gasteiger charge is -2.28. The van der Waals surface area contributed by atoms with Gasteiger partial charge in [-0.15, -0.1) is 0 Å². The third-order valence-corrected chi connectivity index (χ3v) is 5.29. The van der Waals surface area contributed by atoms with Gasteiger partial charge in [0.1, 0.15) is 5.54 Å². The molecule has 3 rings (SSSR count). The number of hydrogen-bond donors (Lipinski definition) is 1. The molecule has 7 heteroatoms. The first-order valence-electron chi connectivity index (χ1n) is 7.82. The fourth-order valence-corrected chi connectivity index (χ4v) is 3.99. The Hall–Kier alpha value is -1.92. The number of fused-ring (bicyclic) bond motifs is 1. The van der Waals surface area contributed by atoms with E-state index in [1.54, 1.807) is 38.1 Å². The van der Waals surface area contributed by atoms with Gasteiger partial charge in [-0.2, -0.15) is 0 Å². The molecule has 1 aromatic rings. The number of carbonyl (C=O) groups is 3. The number of amides is 2. The van der Waals surface area contributed by atoms with Crippen LogP contribution in [0.25, 0.3) is 0 Å². The molecule has 4 atom stereocenters. The number of imide groups is 1. The second-order valence-corrected chi connectivity index (χ2v) is 6.73. The number of carbonyl (C=O) groups excluding carboxylic acids is 3. The lowest BCUT2D eigenvalue weighted by molar-refractivity contribution is -0.153. The second-order valence-electron chi connectivity index (χ2n) is 6.29. The highest BCUT2D eigenvalue weighted by Gasteiger charge is 2.66. The fraction of sp³-hybridized carbons (Fsp3) is 0.471. The SMILES string of the molecule is CCN1C(=O)C2C(c3ccc(Cl)cc3)NC(C)(C(=O)OC)C2C1=O. The largest absolute Gasteiger partial charge is 0.468 e. The zero-order valence-electron chi connectivity index (χ0n) is 13.7. The molecule has 128 valence electrons. The summed E-state index contributed by atoms with van der Waals surface area (Å²) < 4.78 is 4.90. The highest BCUT2D eigenvalue weighted by Crippen LogP contribution is 2.48. The van der Waals surface area contributed by atoms with Crippen LogP contribution in [0.1, 0.15) is 25.5 Å². The number of benzene rings is 1. The van der Waals surface area contributed by atoms with Crippen molar-refractivity contribution in [1.82, 2.24) is 10.2 Å². The minimum atomic E-state index is -1.25. The van der Waals surface area contributed by atoms with Crippen LogP contribution in [0, 0.1) is 11.8 Å². The maximum Gasteiger partial charge on any atom is 0.326 e. The number of halogens is 1. The van der Waals surface area contributed by atoms with E-state index in [0.717, 1.165) is 5.56 Å². The van der Waals surface area contributed by atoms with Crippen molar-refractivity contribution < 1.29 is 19.1 Å². The molecule has 2 heterocycles. The zero-order valence-corrected chi connectivity index (χ0v) is 14.5. The Balaban J connectivity index is 2.09. The topological polar surface area (TPSA) is 75.7 Å². The molecule has 2 aliphatic rings. The minimum absolute atomic E-state index is 0.257. The van der Waals surface area contributed by atoms with Gasteiger partial charge in [-0.05, 0) is 31.5 Å². The Morgan fingerprint density at radius 1 is 1.29 bits per heavy atom. The molecule has 2 aliphatic heterocycles. The van der Waals surface area contributed by atoms with E-state index in [9.17, 15) is 14.4 Å². The fourth-order valence-electron chi connectivity index (χ4n) is 3.87. The standard InChI is InChI=1S/C17H19ClN2O4/c1-4-20-14(21)11-12(15(20)22)17(2,16(23)24-3)19-13(11)9-5-7-10(18)8-6-9/h5-8,11-13,19H,4H2,1-3H3. The molecule has 0 saturated carbocycles. The van der Waals surface area contributed by atoms with Crippen LogP contribution in [0.2, 0.25) is 5.02 Å². The summed E-state index contributed by atoms with van der Waals surface area (Å²) in [5.74, 6) is -2.55. The van der Waals surface area contributed by atoms with E-state index in [2.05, 4.69) is 5.32 Å². The molecule has 1 aromatic carbocycles. The van der Waals surface area contributed by atoms with E-state index in [-0.39, 0.29) is 18.4 Å². The van der Waals surface area contributed by atoms with Crippen LogP contribution < -0.4 is 5.32 Å². The number of rotatable bonds is 3. The van der Waals surface area contributed by atoms with E-state index >= 15 is 0 Å². The lowest BCUT2D eigenvalue weighted by Crippen LogP contribution is -2.53. The molecule has 2 fully saturated rings. The third-order valence-electron chi connectivity index (χ3n) is 5.03. The minimum Gasteiger partial charge on any atom is -0.468 e. The summed E-state index contributed by atoms with van der Waals surface area (Å²) >= 11 is 5.93. The van der Waals surface area contributed by atoms with Gasteiger partial charge >= 0.3 is 5.97 Å². The van der Waals surface area contributed by atoms with Crippen molar-refractivity contribution in [2.75, 3.05) is 13.7 Å². The quantitative estimate of drug-likeness (QED) is 0.661. The van der Waals surface area contributed by atoms with Gasteiger partial charge in [0.2, 0.25) is 11.8 Å². The molecule has 0 spiro atoms. The second kappa shape index (κ2) is 5.86. The van der Waals surface area contributed by atoms with Gasteiger partial charge in [0.25, 0.3) is 0 Å². The molecular formula is C17H19ClN2O4. The lowest BCUT2D eigenvalue weighted by atomic mass is 9.80. The Kier molecular flexibility index (Phi) is 4.13. The summed E-state index contributed by atoms with van der Waals surface area (Å²) in [6, 6.07) is 6.59. The maximum atomic E-state index is 12.8. The first kappa shape index (κ1) is 16.9. The van der Waals surface area contributed by atoms with Gasteiger partial charge in [-0.3, -0.25) is 24.6 Å². The molecule has 0 bridgehead atoms. The Bertz CT molecular complexity index is 705. The normalized spacial score (nSPS) is 32.2. The summed E-state index contributed by atoms with van der Waals surface area (Å²) in [6.07, 6.45) is 0. The van der Waals surface area contributed by atoms with Crippen LogP contribution >= 0.6 is 11.6 Å². The van der Waals surface area contributed by atoms with Crippen molar-refractivity contribution in [3.8, 4) is 0 Å². The van der Waals surface area contributed by atoms with Crippen LogP contribution in [-0.2, 0) is 19.1 Å². The smallest absolute Gasteiger partial charge is 0.326 e. The predicted molar refractivity (Wildman–Crippen MR) is 87.1 cm³/mol. The summed E-state index contributed by atoms with van der Waals surface area (Å²) in [5.41, 5.74) is -0.443. The van der Waals surface area contributed by atoms with E-state index in [1.807, 2.05) is 0 Å². The molecular weight excluding hydrogens is 332 g/mol. The molecule has 0 aromatic heterocycles. The number of nitrogens with one attached hydrogen (secondary N) is 1. The van der Waals surface area contributed by atoms with Crippen LogP contribution in [0.15, 0.2) is 24.3 Å². The Morgan fingerprint density at radius 3 is 2.46 bits per heavy atom. The predicted octanol–water partition coefficient (Wildman–Crippen LogP) is 1.54. The van der Waals surface area contributed by atoms with Crippen LogP contribution in [0.5, 0.6) is 0 Å². The molecule has 0 radical (unpaired) electrons. The summed E-state index contributed by atoms with van der Waals surface area (Å²) in [7, 11) is 1.28. The molecule has 6 nitrogen and oxygen atoms in total. The number of methoxy groups -OCH3 is 1. The van der Waals surface area contributed by atoms with Crippen LogP contribution in [0.4, 0.5) is 0 Å². The van der Waals surface area contributed by atoms with Crippen molar-refractivity contribution >= 4 is 29.4 Å². The van der Waals surface area contributed by atoms with Gasteiger partial charge in [0.15, 0.2) is 0 Å². The number of hydrogen-bond acceptors (Lipinski definition) is 5. The van der Waals surface area contributed by atoms with Gasteiger partial charge in [-0.25, -0.2) is 0 Å². The average molecular weight is 351 g/mol. The molecule has 24 heavy (non-hydrogen) atoms. The highest BCUT2D eigenvalue weighted by molar-refractivity contribution is 6.30. The highest BCUT2D eigenvalue weighted by atomic mass is 35.5. The number of ether oxygens (including phenoxy) is 1. The molecule has 4 unspecified atom stereocenters. The monoisotopic (exact) mass is 350 g/mol. The molecule has 1 N–H and O–H groups in total. The Labute approximate surface area is 145 Å². The van der Waals surface area contributed by atoms with Crippen molar-refractivity contribution in [2.24, 2.45) is 11.8 Å². The van der Waals surface area contributed by atoms with Gasteiger partial charge in [0, 0.05) is 17.6 Å². The molecule has 0 aliphatic carbocycles. The van der Waals surface area contributed by atoms with Gasteiger partial charge in [-0.1, -0.05) is 23.7 Å². The van der Waals surface area contributed by atoms with E-state index in [0.29, 0.717) is 5.02 Å². The zero-order chi connectivity index (χ0) is 17.6. The van der Waals surface area contributed by atoms with E-state index in [4.69, 9.17) is 16.3 Å². The van der Waals surface area contributed by atoms with Crippen LogP contribution in [0.3, 0.4) is 0 Å².